The maximum Gasteiger partial charge on any atom is 0.335 e. The minimum atomic E-state index is -1.07. The zero-order valence-corrected chi connectivity index (χ0v) is 20.1. The van der Waals surface area contributed by atoms with E-state index in [-0.39, 0.29) is 11.3 Å². The van der Waals surface area contributed by atoms with Crippen LogP contribution in [0.2, 0.25) is 0 Å². The molecule has 4 fully saturated rings. The van der Waals surface area contributed by atoms with Crippen molar-refractivity contribution in [2.24, 2.45) is 23.2 Å². The summed E-state index contributed by atoms with van der Waals surface area (Å²) in [5.41, 5.74) is 2.06. The highest BCUT2D eigenvalue weighted by Gasteiger charge is 2.50. The van der Waals surface area contributed by atoms with E-state index in [1.54, 1.807) is 30.3 Å². The second-order valence-electron chi connectivity index (χ2n) is 11.2. The Balaban J connectivity index is 1.29. The molecule has 0 unspecified atom stereocenters. The summed E-state index contributed by atoms with van der Waals surface area (Å²) < 4.78 is 14.6. The van der Waals surface area contributed by atoms with Gasteiger partial charge in [0.1, 0.15) is 17.3 Å². The second kappa shape index (κ2) is 8.87. The number of carboxylic acids is 1. The Labute approximate surface area is 209 Å². The Hall–Kier alpha value is -3.48. The van der Waals surface area contributed by atoms with Crippen molar-refractivity contribution in [2.75, 3.05) is 5.32 Å². The van der Waals surface area contributed by atoms with Crippen molar-refractivity contribution < 1.29 is 19.1 Å². The van der Waals surface area contributed by atoms with Crippen molar-refractivity contribution in [3.63, 3.8) is 0 Å². The summed E-state index contributed by atoms with van der Waals surface area (Å²) in [5.74, 6) is 0.961. The molecule has 1 heterocycles. The maximum atomic E-state index is 14.6. The van der Waals surface area contributed by atoms with E-state index >= 15 is 0 Å². The average molecular weight is 488 g/mol. The van der Waals surface area contributed by atoms with Crippen molar-refractivity contribution in [2.45, 2.75) is 51.4 Å². The number of aryl methyl sites for hydroxylation is 1. The van der Waals surface area contributed by atoms with E-state index in [2.05, 4.69) is 15.3 Å². The van der Waals surface area contributed by atoms with E-state index in [1.165, 1.54) is 56.7 Å². The third-order valence-electron chi connectivity index (χ3n) is 8.56. The van der Waals surface area contributed by atoms with Gasteiger partial charge in [0.25, 0.3) is 5.91 Å². The number of hydrogen-bond donors (Lipinski definition) is 3. The number of imidazole rings is 1. The molecule has 1 aromatic heterocycles. The molecule has 0 atom stereocenters. The molecule has 0 aliphatic heterocycles. The van der Waals surface area contributed by atoms with Gasteiger partial charge in [0, 0.05) is 11.4 Å². The number of carboxylic acid groups (broad SMARTS) is 1. The van der Waals surface area contributed by atoms with Gasteiger partial charge in [-0.15, -0.1) is 0 Å². The first kappa shape index (κ1) is 23.0. The molecule has 4 aliphatic carbocycles. The minimum Gasteiger partial charge on any atom is -0.478 e. The van der Waals surface area contributed by atoms with Gasteiger partial charge >= 0.3 is 5.97 Å². The highest BCUT2D eigenvalue weighted by atomic mass is 19.1. The van der Waals surface area contributed by atoms with E-state index < -0.39 is 17.7 Å². The summed E-state index contributed by atoms with van der Waals surface area (Å²) in [4.78, 5) is 32.5. The molecular weight excluding hydrogens is 457 g/mol. The van der Waals surface area contributed by atoms with Crippen LogP contribution < -0.4 is 5.32 Å². The van der Waals surface area contributed by atoms with Crippen LogP contribution in [0.1, 0.15) is 71.5 Å². The first-order valence-electron chi connectivity index (χ1n) is 12.9. The predicted octanol–water partition coefficient (Wildman–Crippen LogP) is 6.32. The first-order valence-corrected chi connectivity index (χ1v) is 12.9. The molecule has 3 N–H and O–H groups in total. The van der Waals surface area contributed by atoms with Crippen LogP contribution in [-0.4, -0.2) is 27.0 Å². The zero-order valence-electron chi connectivity index (χ0n) is 20.1. The molecule has 7 heteroatoms. The topological polar surface area (TPSA) is 95.1 Å². The van der Waals surface area contributed by atoms with Gasteiger partial charge in [-0.1, -0.05) is 18.2 Å². The van der Waals surface area contributed by atoms with Crippen LogP contribution in [0.15, 0.2) is 48.5 Å². The fourth-order valence-corrected chi connectivity index (χ4v) is 7.47. The molecule has 0 radical (unpaired) electrons. The Morgan fingerprint density at radius 2 is 1.72 bits per heavy atom. The Morgan fingerprint density at radius 1 is 1.03 bits per heavy atom. The number of anilines is 1. The van der Waals surface area contributed by atoms with Crippen LogP contribution in [0, 0.1) is 29.0 Å². The van der Waals surface area contributed by atoms with Gasteiger partial charge in [-0.3, -0.25) is 4.79 Å². The number of amides is 1. The van der Waals surface area contributed by atoms with Gasteiger partial charge < -0.3 is 15.4 Å². The lowest BCUT2D eigenvalue weighted by atomic mass is 9.48. The van der Waals surface area contributed by atoms with Gasteiger partial charge in [0.05, 0.1) is 11.1 Å². The van der Waals surface area contributed by atoms with Crippen LogP contribution in [-0.2, 0) is 6.42 Å². The molecule has 4 saturated carbocycles. The first-order chi connectivity index (χ1) is 17.4. The number of rotatable bonds is 7. The third kappa shape index (κ3) is 4.31. The molecule has 0 saturated heterocycles. The predicted molar refractivity (Wildman–Crippen MR) is 134 cm³/mol. The van der Waals surface area contributed by atoms with Crippen molar-refractivity contribution in [1.82, 2.24) is 9.97 Å². The normalized spacial score (nSPS) is 26.2. The van der Waals surface area contributed by atoms with Crippen molar-refractivity contribution in [3.05, 3.63) is 71.3 Å². The Morgan fingerprint density at radius 3 is 2.39 bits per heavy atom. The van der Waals surface area contributed by atoms with Gasteiger partial charge in [0.2, 0.25) is 0 Å². The molecule has 36 heavy (non-hydrogen) atoms. The number of carbonyl (C=O) groups is 2. The minimum absolute atomic E-state index is 0.0870. The Kier molecular flexibility index (Phi) is 5.66. The summed E-state index contributed by atoms with van der Waals surface area (Å²) in [6.45, 7) is 0. The molecule has 2 aromatic carbocycles. The van der Waals surface area contributed by atoms with Crippen molar-refractivity contribution in [3.8, 4) is 11.4 Å². The third-order valence-corrected chi connectivity index (χ3v) is 8.56. The summed E-state index contributed by atoms with van der Waals surface area (Å²) >= 11 is 0. The molecule has 7 rings (SSSR count). The molecular formula is C29H30FN3O3. The number of nitrogens with zero attached hydrogens (tertiary/aromatic N) is 1. The molecule has 6 nitrogen and oxygen atoms in total. The van der Waals surface area contributed by atoms with Gasteiger partial charge in [0.15, 0.2) is 0 Å². The number of hydrogen-bond acceptors (Lipinski definition) is 3. The van der Waals surface area contributed by atoms with E-state index in [1.807, 2.05) is 0 Å². The summed E-state index contributed by atoms with van der Waals surface area (Å²) in [5, 5.41) is 12.1. The monoisotopic (exact) mass is 487 g/mol. The average Bonchev–Trinajstić information content (AvgIpc) is 3.27. The summed E-state index contributed by atoms with van der Waals surface area (Å²) in [7, 11) is 0. The van der Waals surface area contributed by atoms with E-state index in [9.17, 15) is 19.1 Å². The maximum absolute atomic E-state index is 14.6. The lowest BCUT2D eigenvalue weighted by Gasteiger charge is -2.57. The number of aromatic amines is 1. The summed E-state index contributed by atoms with van der Waals surface area (Å²) in [6, 6.07) is 12.5. The van der Waals surface area contributed by atoms with Crippen molar-refractivity contribution in [1.29, 1.82) is 0 Å². The van der Waals surface area contributed by atoms with Gasteiger partial charge in [-0.25, -0.2) is 14.2 Å². The quantitative estimate of drug-likeness (QED) is 0.364. The van der Waals surface area contributed by atoms with Crippen LogP contribution in [0.4, 0.5) is 10.1 Å². The molecule has 4 aliphatic rings. The van der Waals surface area contributed by atoms with E-state index in [0.717, 1.165) is 24.2 Å². The van der Waals surface area contributed by atoms with Crippen molar-refractivity contribution >= 4 is 17.6 Å². The van der Waals surface area contributed by atoms with Crippen LogP contribution in [0.25, 0.3) is 11.4 Å². The van der Waals surface area contributed by atoms with E-state index in [0.29, 0.717) is 34.6 Å². The number of carbonyl (C=O) groups excluding carboxylic acids is 1. The number of halogens is 1. The van der Waals surface area contributed by atoms with Crippen LogP contribution in [0.5, 0.6) is 0 Å². The highest BCUT2D eigenvalue weighted by molar-refractivity contribution is 6.04. The zero-order chi connectivity index (χ0) is 24.9. The standard InChI is InChI=1S/C29H30FN3O3/c30-23-7-2-1-6-22(23)26-32-24(8-9-29-14-17-10-18(15-29)12-19(11-17)16-29)25(33-26)27(34)31-21-5-3-4-20(13-21)28(35)36/h1-7,13,17-19H,8-12,14-16H2,(H,31,34)(H,32,33)(H,35,36). The number of nitrogens with one attached hydrogen (secondary N) is 2. The van der Waals surface area contributed by atoms with Gasteiger partial charge in [-0.05, 0) is 105 Å². The number of aromatic carboxylic acids is 1. The molecule has 186 valence electrons. The molecule has 1 amide bonds. The fourth-order valence-electron chi connectivity index (χ4n) is 7.47. The highest BCUT2D eigenvalue weighted by Crippen LogP contribution is 2.61. The number of benzene rings is 2. The van der Waals surface area contributed by atoms with Gasteiger partial charge in [-0.2, -0.15) is 0 Å². The second-order valence-corrected chi connectivity index (χ2v) is 11.2. The summed E-state index contributed by atoms with van der Waals surface area (Å²) in [6.07, 6.45) is 9.62. The van der Waals surface area contributed by atoms with E-state index in [4.69, 9.17) is 0 Å². The molecule has 4 bridgehead atoms. The fraction of sp³-hybridized carbons (Fsp3) is 0.414. The Bertz CT molecular complexity index is 1300. The smallest absolute Gasteiger partial charge is 0.335 e. The number of H-pyrrole nitrogens is 1. The molecule has 0 spiro atoms. The van der Waals surface area contributed by atoms with Crippen LogP contribution >= 0.6 is 0 Å². The lowest BCUT2D eigenvalue weighted by molar-refractivity contribution is -0.0570. The molecule has 3 aromatic rings. The lowest BCUT2D eigenvalue weighted by Crippen LogP contribution is -2.46. The number of aromatic nitrogens is 2. The van der Waals surface area contributed by atoms with Crippen LogP contribution in [0.3, 0.4) is 0 Å². The SMILES string of the molecule is O=C(O)c1cccc(NC(=O)c2nc(-c3ccccc3F)[nH]c2CCC23CC4CC(CC(C4)C2)C3)c1. The largest absolute Gasteiger partial charge is 0.478 e.